The summed E-state index contributed by atoms with van der Waals surface area (Å²) in [4.78, 5) is 14.7. The minimum atomic E-state index is -0.0476. The van der Waals surface area contributed by atoms with E-state index in [0.717, 1.165) is 24.9 Å². The van der Waals surface area contributed by atoms with E-state index in [1.165, 1.54) is 19.3 Å². The standard InChI is InChI=1S/C20H25N3O3/c1-14-11-12-23(17-10-6-5-9-16(14)17)18(24)13-25-20-22-21-19(26-20)15-7-3-2-4-8-15/h2-4,7-8,14,16-17H,5-6,9-13H2,1H3/t14-,16-,17-/m1/s1. The van der Waals surface area contributed by atoms with Crippen molar-refractivity contribution in [2.45, 2.75) is 45.1 Å². The van der Waals surface area contributed by atoms with Gasteiger partial charge in [0, 0.05) is 18.2 Å². The Kier molecular flexibility index (Phi) is 4.91. The topological polar surface area (TPSA) is 68.5 Å². The van der Waals surface area contributed by atoms with E-state index in [1.54, 1.807) is 0 Å². The second kappa shape index (κ2) is 7.48. The summed E-state index contributed by atoms with van der Waals surface area (Å²) in [6.45, 7) is 3.10. The first-order chi connectivity index (χ1) is 12.7. The number of piperidine rings is 1. The smallest absolute Gasteiger partial charge is 0.415 e. The number of benzene rings is 1. The molecule has 1 aromatic heterocycles. The minimum Gasteiger partial charge on any atom is -0.439 e. The second-order valence-corrected chi connectivity index (χ2v) is 7.40. The largest absolute Gasteiger partial charge is 0.439 e. The first kappa shape index (κ1) is 17.1. The highest BCUT2D eigenvalue weighted by Crippen LogP contribution is 2.38. The Bertz CT molecular complexity index is 746. The lowest BCUT2D eigenvalue weighted by molar-refractivity contribution is -0.141. The highest BCUT2D eigenvalue weighted by molar-refractivity contribution is 5.78. The molecule has 0 unspecified atom stereocenters. The molecule has 1 amide bonds. The average Bonchev–Trinajstić information content (AvgIpc) is 3.16. The molecule has 1 aliphatic heterocycles. The van der Waals surface area contributed by atoms with Gasteiger partial charge in [0.2, 0.25) is 0 Å². The van der Waals surface area contributed by atoms with Crippen LogP contribution in [0.25, 0.3) is 11.5 Å². The lowest BCUT2D eigenvalue weighted by Gasteiger charge is -2.47. The number of rotatable bonds is 4. The normalized spacial score (nSPS) is 25.6. The lowest BCUT2D eigenvalue weighted by atomic mass is 9.72. The number of amides is 1. The van der Waals surface area contributed by atoms with E-state index >= 15 is 0 Å². The molecule has 1 aliphatic carbocycles. The molecule has 0 bridgehead atoms. The number of aromatic nitrogens is 2. The van der Waals surface area contributed by atoms with Crippen LogP contribution in [0.2, 0.25) is 0 Å². The van der Waals surface area contributed by atoms with Crippen molar-refractivity contribution in [1.29, 1.82) is 0 Å². The van der Waals surface area contributed by atoms with Gasteiger partial charge in [-0.3, -0.25) is 4.79 Å². The zero-order valence-corrected chi connectivity index (χ0v) is 15.1. The van der Waals surface area contributed by atoms with Gasteiger partial charge in [-0.15, -0.1) is 5.10 Å². The number of hydrogen-bond acceptors (Lipinski definition) is 5. The van der Waals surface area contributed by atoms with Gasteiger partial charge < -0.3 is 14.1 Å². The SMILES string of the molecule is C[C@@H]1CCN(C(=O)COc2nnc(-c3ccccc3)o2)[C@@H]2CCCC[C@H]12. The van der Waals surface area contributed by atoms with E-state index in [9.17, 15) is 4.79 Å². The van der Waals surface area contributed by atoms with Gasteiger partial charge >= 0.3 is 6.08 Å². The van der Waals surface area contributed by atoms with Crippen LogP contribution in [0.15, 0.2) is 34.7 Å². The van der Waals surface area contributed by atoms with E-state index in [4.69, 9.17) is 9.15 Å². The van der Waals surface area contributed by atoms with E-state index in [0.29, 0.717) is 23.8 Å². The van der Waals surface area contributed by atoms with Crippen LogP contribution in [0, 0.1) is 11.8 Å². The number of carbonyl (C=O) groups excluding carboxylic acids is 1. The van der Waals surface area contributed by atoms with Crippen molar-refractivity contribution in [2.75, 3.05) is 13.2 Å². The van der Waals surface area contributed by atoms with Crippen molar-refractivity contribution < 1.29 is 13.9 Å². The molecule has 2 fully saturated rings. The Labute approximate surface area is 153 Å². The van der Waals surface area contributed by atoms with Crippen molar-refractivity contribution in [3.63, 3.8) is 0 Å². The van der Waals surface area contributed by atoms with Gasteiger partial charge in [-0.1, -0.05) is 43.1 Å². The Morgan fingerprint density at radius 2 is 2.00 bits per heavy atom. The van der Waals surface area contributed by atoms with Crippen LogP contribution in [0.1, 0.15) is 39.0 Å². The Morgan fingerprint density at radius 3 is 2.85 bits per heavy atom. The summed E-state index contributed by atoms with van der Waals surface area (Å²) < 4.78 is 11.0. The van der Waals surface area contributed by atoms with Crippen molar-refractivity contribution in [2.24, 2.45) is 11.8 Å². The fourth-order valence-corrected chi connectivity index (χ4v) is 4.39. The van der Waals surface area contributed by atoms with Gasteiger partial charge in [-0.2, -0.15) is 0 Å². The predicted molar refractivity (Wildman–Crippen MR) is 96.5 cm³/mol. The number of carbonyl (C=O) groups is 1. The van der Waals surface area contributed by atoms with E-state index in [1.807, 2.05) is 35.2 Å². The van der Waals surface area contributed by atoms with E-state index in [2.05, 4.69) is 17.1 Å². The average molecular weight is 355 g/mol. The Morgan fingerprint density at radius 1 is 1.19 bits per heavy atom. The molecule has 1 saturated heterocycles. The van der Waals surface area contributed by atoms with E-state index in [-0.39, 0.29) is 18.6 Å². The summed E-state index contributed by atoms with van der Waals surface area (Å²) >= 11 is 0. The maximum atomic E-state index is 12.7. The van der Waals surface area contributed by atoms with Crippen molar-refractivity contribution >= 4 is 5.91 Å². The van der Waals surface area contributed by atoms with Gasteiger partial charge in [0.15, 0.2) is 6.61 Å². The van der Waals surface area contributed by atoms with Crippen molar-refractivity contribution in [3.05, 3.63) is 30.3 Å². The molecule has 0 spiro atoms. The predicted octanol–water partition coefficient (Wildman–Crippen LogP) is 3.54. The van der Waals surface area contributed by atoms with Crippen molar-refractivity contribution in [1.82, 2.24) is 15.1 Å². The molecular weight excluding hydrogens is 330 g/mol. The number of nitrogens with zero attached hydrogens (tertiary/aromatic N) is 3. The molecule has 0 N–H and O–H groups in total. The maximum Gasteiger partial charge on any atom is 0.415 e. The fraction of sp³-hybridized carbons (Fsp3) is 0.550. The monoisotopic (exact) mass is 355 g/mol. The molecule has 6 nitrogen and oxygen atoms in total. The molecule has 3 atom stereocenters. The summed E-state index contributed by atoms with van der Waals surface area (Å²) in [5.74, 6) is 1.75. The number of ether oxygens (including phenoxy) is 1. The number of likely N-dealkylation sites (tertiary alicyclic amines) is 1. The molecule has 1 aromatic carbocycles. The highest BCUT2D eigenvalue weighted by atomic mass is 16.6. The molecular formula is C20H25N3O3. The maximum absolute atomic E-state index is 12.7. The quantitative estimate of drug-likeness (QED) is 0.839. The zero-order valence-electron chi connectivity index (χ0n) is 15.1. The molecule has 4 rings (SSSR count). The van der Waals surface area contributed by atoms with Gasteiger partial charge in [0.25, 0.3) is 11.8 Å². The van der Waals surface area contributed by atoms with Crippen LogP contribution in [-0.2, 0) is 4.79 Å². The summed E-state index contributed by atoms with van der Waals surface area (Å²) in [5, 5.41) is 7.88. The molecule has 26 heavy (non-hydrogen) atoms. The third kappa shape index (κ3) is 3.45. The first-order valence-electron chi connectivity index (χ1n) is 9.53. The molecule has 138 valence electrons. The van der Waals surface area contributed by atoms with Crippen LogP contribution in [0.3, 0.4) is 0 Å². The first-order valence-corrected chi connectivity index (χ1v) is 9.53. The second-order valence-electron chi connectivity index (χ2n) is 7.40. The molecule has 2 aromatic rings. The van der Waals surface area contributed by atoms with Crippen LogP contribution in [0.4, 0.5) is 0 Å². The third-order valence-corrected chi connectivity index (χ3v) is 5.80. The highest BCUT2D eigenvalue weighted by Gasteiger charge is 2.39. The van der Waals surface area contributed by atoms with Gasteiger partial charge in [0.05, 0.1) is 0 Å². The summed E-state index contributed by atoms with van der Waals surface area (Å²) in [6, 6.07) is 9.88. The minimum absolute atomic E-state index is 0.0215. The van der Waals surface area contributed by atoms with Crippen LogP contribution >= 0.6 is 0 Å². The number of hydrogen-bond donors (Lipinski definition) is 0. The number of fused-ring (bicyclic) bond motifs is 1. The van der Waals surface area contributed by atoms with E-state index < -0.39 is 0 Å². The van der Waals surface area contributed by atoms with Crippen LogP contribution in [0.5, 0.6) is 6.08 Å². The molecule has 2 heterocycles. The van der Waals surface area contributed by atoms with Gasteiger partial charge in [-0.25, -0.2) is 0 Å². The lowest BCUT2D eigenvalue weighted by Crippen LogP contribution is -2.53. The molecule has 2 aliphatic rings. The Balaban J connectivity index is 1.37. The summed E-state index contributed by atoms with van der Waals surface area (Å²) in [6.07, 6.45) is 5.96. The Hall–Kier alpha value is -2.37. The fourth-order valence-electron chi connectivity index (χ4n) is 4.39. The molecule has 6 heteroatoms. The van der Waals surface area contributed by atoms with Crippen LogP contribution in [-0.4, -0.2) is 40.2 Å². The third-order valence-electron chi connectivity index (χ3n) is 5.80. The summed E-state index contributed by atoms with van der Waals surface area (Å²) in [5.41, 5.74) is 0.830. The molecule has 1 saturated carbocycles. The van der Waals surface area contributed by atoms with Gasteiger partial charge in [-0.05, 0) is 43.2 Å². The molecule has 0 radical (unpaired) electrons. The van der Waals surface area contributed by atoms with Gasteiger partial charge in [0.1, 0.15) is 0 Å². The van der Waals surface area contributed by atoms with Crippen molar-refractivity contribution in [3.8, 4) is 17.5 Å². The summed E-state index contributed by atoms with van der Waals surface area (Å²) in [7, 11) is 0. The van der Waals surface area contributed by atoms with Crippen LogP contribution < -0.4 is 4.74 Å². The zero-order chi connectivity index (χ0) is 17.9.